The summed E-state index contributed by atoms with van der Waals surface area (Å²) in [6.45, 7) is 9.96. The van der Waals surface area contributed by atoms with Gasteiger partial charge in [0, 0.05) is 0 Å². The number of aliphatic imine (C=N–C) groups is 1. The quantitative estimate of drug-likeness (QED) is 0.824. The molecule has 1 heterocycles. The fraction of sp³-hybridized carbons (Fsp3) is 0.278. The van der Waals surface area contributed by atoms with Crippen LogP contribution in [0.1, 0.15) is 41.9 Å². The molecule has 0 spiro atoms. The molecule has 0 amide bonds. The Morgan fingerprint density at radius 1 is 1.00 bits per heavy atom. The van der Waals surface area contributed by atoms with Gasteiger partial charge < -0.3 is 5.41 Å². The second kappa shape index (κ2) is 6.00. The maximum atomic E-state index is 7.68. The Morgan fingerprint density at radius 2 is 1.57 bits per heavy atom. The second-order valence-corrected chi connectivity index (χ2v) is 5.48. The molecule has 0 fully saturated rings. The first-order valence-corrected chi connectivity index (χ1v) is 7.04. The van der Waals surface area contributed by atoms with Gasteiger partial charge in [0.05, 0.1) is 28.5 Å². The van der Waals surface area contributed by atoms with Gasteiger partial charge in [-0.2, -0.15) is 0 Å². The topological polar surface area (TPSA) is 49.1 Å². The summed E-state index contributed by atoms with van der Waals surface area (Å²) in [4.78, 5) is 9.24. The highest BCUT2D eigenvalue weighted by molar-refractivity contribution is 6.01. The van der Waals surface area contributed by atoms with E-state index < -0.39 is 0 Å². The van der Waals surface area contributed by atoms with E-state index in [9.17, 15) is 0 Å². The van der Waals surface area contributed by atoms with E-state index in [1.807, 2.05) is 25.1 Å². The minimum atomic E-state index is 0.465. The standard InChI is InChI=1S/C18H21N3/c1-11-9-12(2)18(13(3)10-11)20-15(5)17-8-6-7-16(21-17)14(4)19/h6-10,19H,1-5H3. The molecule has 21 heavy (non-hydrogen) atoms. The molecule has 3 heteroatoms. The zero-order chi connectivity index (χ0) is 15.6. The first kappa shape index (κ1) is 15.1. The first-order valence-electron chi connectivity index (χ1n) is 7.04. The monoisotopic (exact) mass is 279 g/mol. The summed E-state index contributed by atoms with van der Waals surface area (Å²) in [5.41, 5.74) is 7.45. The van der Waals surface area contributed by atoms with E-state index in [1.165, 1.54) is 16.7 Å². The van der Waals surface area contributed by atoms with Crippen LogP contribution in [-0.4, -0.2) is 16.4 Å². The third-order valence-electron chi connectivity index (χ3n) is 3.42. The van der Waals surface area contributed by atoms with Crippen LogP contribution in [0.2, 0.25) is 0 Å². The number of pyridine rings is 1. The lowest BCUT2D eigenvalue weighted by Crippen LogP contribution is -2.04. The molecule has 108 valence electrons. The average Bonchev–Trinajstić information content (AvgIpc) is 2.42. The molecule has 3 nitrogen and oxygen atoms in total. The van der Waals surface area contributed by atoms with Crippen molar-refractivity contribution in [2.75, 3.05) is 0 Å². The van der Waals surface area contributed by atoms with Crippen molar-refractivity contribution in [2.45, 2.75) is 34.6 Å². The van der Waals surface area contributed by atoms with E-state index in [2.05, 4.69) is 37.9 Å². The maximum absolute atomic E-state index is 7.68. The molecule has 0 saturated heterocycles. The van der Waals surface area contributed by atoms with Gasteiger partial charge in [0.1, 0.15) is 0 Å². The molecule has 0 aliphatic heterocycles. The largest absolute Gasteiger partial charge is 0.303 e. The molecule has 1 aromatic carbocycles. The van der Waals surface area contributed by atoms with E-state index in [0.717, 1.165) is 17.1 Å². The SMILES string of the molecule is CC(=N)c1cccc(C(C)=Nc2c(C)cc(C)cc2C)n1. The van der Waals surface area contributed by atoms with Crippen LogP contribution in [0.4, 0.5) is 5.69 Å². The first-order chi connectivity index (χ1) is 9.88. The van der Waals surface area contributed by atoms with Crippen molar-refractivity contribution in [3.8, 4) is 0 Å². The number of benzene rings is 1. The van der Waals surface area contributed by atoms with Gasteiger partial charge in [-0.15, -0.1) is 0 Å². The van der Waals surface area contributed by atoms with Crippen molar-refractivity contribution in [2.24, 2.45) is 4.99 Å². The fourth-order valence-corrected chi connectivity index (χ4v) is 2.42. The Kier molecular flexibility index (Phi) is 4.32. The molecular weight excluding hydrogens is 258 g/mol. The molecule has 2 aromatic rings. The summed E-state index contributed by atoms with van der Waals surface area (Å²) in [6.07, 6.45) is 0. The molecule has 0 radical (unpaired) electrons. The van der Waals surface area contributed by atoms with E-state index >= 15 is 0 Å². The zero-order valence-corrected chi connectivity index (χ0v) is 13.3. The van der Waals surface area contributed by atoms with E-state index in [1.54, 1.807) is 6.92 Å². The van der Waals surface area contributed by atoms with Crippen molar-refractivity contribution in [3.63, 3.8) is 0 Å². The van der Waals surface area contributed by atoms with Gasteiger partial charge in [-0.3, -0.25) is 4.99 Å². The van der Waals surface area contributed by atoms with Crippen LogP contribution in [0.5, 0.6) is 0 Å². The average molecular weight is 279 g/mol. The Bertz CT molecular complexity index is 704. The van der Waals surface area contributed by atoms with Crippen LogP contribution in [0.15, 0.2) is 35.3 Å². The predicted octanol–water partition coefficient (Wildman–Crippen LogP) is 4.54. The highest BCUT2D eigenvalue weighted by atomic mass is 14.8. The maximum Gasteiger partial charge on any atom is 0.0849 e. The molecule has 2 rings (SSSR count). The number of hydrogen-bond acceptors (Lipinski definition) is 3. The lowest BCUT2D eigenvalue weighted by Gasteiger charge is -2.09. The Labute approximate surface area is 126 Å². The number of rotatable bonds is 3. The van der Waals surface area contributed by atoms with Crippen LogP contribution in [0.25, 0.3) is 0 Å². The molecule has 0 unspecified atom stereocenters. The molecule has 1 aromatic heterocycles. The van der Waals surface area contributed by atoms with Gasteiger partial charge in [0.25, 0.3) is 0 Å². The summed E-state index contributed by atoms with van der Waals surface area (Å²) >= 11 is 0. The van der Waals surface area contributed by atoms with Gasteiger partial charge in [-0.05, 0) is 57.9 Å². The van der Waals surface area contributed by atoms with Crippen molar-refractivity contribution in [3.05, 3.63) is 58.4 Å². The number of aryl methyl sites for hydroxylation is 3. The van der Waals surface area contributed by atoms with Crippen LogP contribution in [0, 0.1) is 26.2 Å². The van der Waals surface area contributed by atoms with Gasteiger partial charge in [0.15, 0.2) is 0 Å². The van der Waals surface area contributed by atoms with Crippen LogP contribution in [0.3, 0.4) is 0 Å². The van der Waals surface area contributed by atoms with Crippen molar-refractivity contribution in [1.82, 2.24) is 4.98 Å². The summed E-state index contributed by atoms with van der Waals surface area (Å²) in [5.74, 6) is 0. The van der Waals surface area contributed by atoms with Gasteiger partial charge in [-0.25, -0.2) is 4.98 Å². The summed E-state index contributed by atoms with van der Waals surface area (Å²) in [5, 5.41) is 7.68. The molecule has 0 aliphatic rings. The Balaban J connectivity index is 2.47. The molecule has 1 N–H and O–H groups in total. The van der Waals surface area contributed by atoms with Crippen LogP contribution in [-0.2, 0) is 0 Å². The Morgan fingerprint density at radius 3 is 2.14 bits per heavy atom. The Hall–Kier alpha value is -2.29. The molecule has 0 atom stereocenters. The predicted molar refractivity (Wildman–Crippen MR) is 89.3 cm³/mol. The highest BCUT2D eigenvalue weighted by Crippen LogP contribution is 2.25. The van der Waals surface area contributed by atoms with Crippen LogP contribution >= 0.6 is 0 Å². The third-order valence-corrected chi connectivity index (χ3v) is 3.42. The molecule has 0 bridgehead atoms. The molecule has 0 saturated carbocycles. The minimum absolute atomic E-state index is 0.465. The van der Waals surface area contributed by atoms with Gasteiger partial charge in [-0.1, -0.05) is 23.8 Å². The highest BCUT2D eigenvalue weighted by Gasteiger charge is 2.06. The van der Waals surface area contributed by atoms with Gasteiger partial charge in [0.2, 0.25) is 0 Å². The fourth-order valence-electron chi connectivity index (χ4n) is 2.42. The lowest BCUT2D eigenvalue weighted by molar-refractivity contribution is 1.22. The van der Waals surface area contributed by atoms with E-state index in [0.29, 0.717) is 11.4 Å². The summed E-state index contributed by atoms with van der Waals surface area (Å²) in [7, 11) is 0. The number of nitrogens with one attached hydrogen (secondary N) is 1. The molecular formula is C18H21N3. The minimum Gasteiger partial charge on any atom is -0.303 e. The van der Waals surface area contributed by atoms with Gasteiger partial charge >= 0.3 is 0 Å². The number of aromatic nitrogens is 1. The van der Waals surface area contributed by atoms with E-state index in [-0.39, 0.29) is 0 Å². The number of nitrogens with zero attached hydrogens (tertiary/aromatic N) is 2. The van der Waals surface area contributed by atoms with Crippen molar-refractivity contribution >= 4 is 17.1 Å². The number of hydrogen-bond donors (Lipinski definition) is 1. The summed E-state index contributed by atoms with van der Waals surface area (Å²) in [6, 6.07) is 9.99. The van der Waals surface area contributed by atoms with E-state index in [4.69, 9.17) is 10.4 Å². The lowest BCUT2D eigenvalue weighted by atomic mass is 10.1. The third kappa shape index (κ3) is 3.43. The summed E-state index contributed by atoms with van der Waals surface area (Å²) < 4.78 is 0. The normalized spacial score (nSPS) is 11.6. The smallest absolute Gasteiger partial charge is 0.0849 e. The van der Waals surface area contributed by atoms with Crippen molar-refractivity contribution < 1.29 is 0 Å². The zero-order valence-electron chi connectivity index (χ0n) is 13.3. The molecule has 0 aliphatic carbocycles. The second-order valence-electron chi connectivity index (χ2n) is 5.48. The van der Waals surface area contributed by atoms with Crippen LogP contribution < -0.4 is 0 Å². The van der Waals surface area contributed by atoms with Crippen molar-refractivity contribution in [1.29, 1.82) is 5.41 Å².